The molecule has 7 aromatic carbocycles. The van der Waals surface area contributed by atoms with Crippen LogP contribution in [0.3, 0.4) is 0 Å². The van der Waals surface area contributed by atoms with Crippen LogP contribution in [0.25, 0.3) is 55.0 Å². The number of rotatable bonds is 6. The van der Waals surface area contributed by atoms with Gasteiger partial charge in [-0.2, -0.15) is 0 Å². The summed E-state index contributed by atoms with van der Waals surface area (Å²) in [7, 11) is 0. The fourth-order valence-electron chi connectivity index (χ4n) is 8.17. The molecule has 0 fully saturated rings. The Labute approximate surface area is 275 Å². The smallest absolute Gasteiger partial charge is 0.143 e. The van der Waals surface area contributed by atoms with Crippen LogP contribution in [0.1, 0.15) is 37.8 Å². The zero-order valence-electron chi connectivity index (χ0n) is 26.7. The SMILES string of the molecule is CCC1(CC)c2ccccc2-c2ccc(N(c3ccc(-c4ccccc4)cc3)c3cccc4c3ccc3c5ccccc5oc43)cc21. The molecule has 226 valence electrons. The van der Waals surface area contributed by atoms with Crippen molar-refractivity contribution in [3.63, 3.8) is 0 Å². The van der Waals surface area contributed by atoms with E-state index in [4.69, 9.17) is 4.42 Å². The first-order chi connectivity index (χ1) is 23.2. The Balaban J connectivity index is 1.28. The molecule has 0 saturated carbocycles. The fraction of sp³-hybridized carbons (Fsp3) is 0.111. The summed E-state index contributed by atoms with van der Waals surface area (Å²) in [6.45, 7) is 4.68. The molecule has 1 aliphatic carbocycles. The lowest BCUT2D eigenvalue weighted by Crippen LogP contribution is -2.23. The molecule has 9 rings (SSSR count). The number of hydrogen-bond donors (Lipinski definition) is 0. The van der Waals surface area contributed by atoms with Crippen LogP contribution in [0.4, 0.5) is 17.1 Å². The number of nitrogens with zero attached hydrogens (tertiary/aromatic N) is 1. The molecule has 2 heteroatoms. The molecule has 0 saturated heterocycles. The van der Waals surface area contributed by atoms with Gasteiger partial charge in [-0.1, -0.05) is 123 Å². The van der Waals surface area contributed by atoms with Crippen molar-refractivity contribution < 1.29 is 4.42 Å². The van der Waals surface area contributed by atoms with E-state index in [0.29, 0.717) is 0 Å². The predicted octanol–water partition coefficient (Wildman–Crippen LogP) is 13.0. The van der Waals surface area contributed by atoms with Gasteiger partial charge in [-0.05, 0) is 88.7 Å². The molecular weight excluding hydrogens is 571 g/mol. The van der Waals surface area contributed by atoms with Gasteiger partial charge in [0.15, 0.2) is 0 Å². The highest BCUT2D eigenvalue weighted by molar-refractivity contribution is 6.17. The normalized spacial score (nSPS) is 13.2. The minimum Gasteiger partial charge on any atom is -0.455 e. The number of para-hydroxylation sites is 1. The Morgan fingerprint density at radius 2 is 1.13 bits per heavy atom. The summed E-state index contributed by atoms with van der Waals surface area (Å²) in [6.07, 6.45) is 2.11. The van der Waals surface area contributed by atoms with E-state index >= 15 is 0 Å². The number of anilines is 3. The summed E-state index contributed by atoms with van der Waals surface area (Å²) in [6, 6.07) is 55.2. The van der Waals surface area contributed by atoms with Gasteiger partial charge < -0.3 is 9.32 Å². The Kier molecular flexibility index (Phi) is 6.33. The Hall–Kier alpha value is -5.60. The molecule has 0 aliphatic heterocycles. The lowest BCUT2D eigenvalue weighted by Gasteiger charge is -2.32. The van der Waals surface area contributed by atoms with Crippen LogP contribution in [0.2, 0.25) is 0 Å². The zero-order chi connectivity index (χ0) is 31.5. The van der Waals surface area contributed by atoms with Crippen molar-refractivity contribution in [3.8, 4) is 22.3 Å². The minimum absolute atomic E-state index is 0.00995. The van der Waals surface area contributed by atoms with Crippen LogP contribution in [0.15, 0.2) is 156 Å². The lowest BCUT2D eigenvalue weighted by atomic mass is 9.74. The van der Waals surface area contributed by atoms with Crippen LogP contribution >= 0.6 is 0 Å². The Bertz CT molecular complexity index is 2430. The van der Waals surface area contributed by atoms with E-state index in [1.165, 1.54) is 33.4 Å². The van der Waals surface area contributed by atoms with Crippen LogP contribution in [-0.4, -0.2) is 0 Å². The van der Waals surface area contributed by atoms with Crippen molar-refractivity contribution in [2.45, 2.75) is 32.1 Å². The molecule has 0 unspecified atom stereocenters. The summed E-state index contributed by atoms with van der Waals surface area (Å²) in [5.41, 5.74) is 13.3. The molecule has 2 nitrogen and oxygen atoms in total. The Morgan fingerprint density at radius 3 is 1.96 bits per heavy atom. The predicted molar refractivity (Wildman–Crippen MR) is 198 cm³/mol. The quantitative estimate of drug-likeness (QED) is 0.187. The van der Waals surface area contributed by atoms with E-state index < -0.39 is 0 Å². The first-order valence-corrected chi connectivity index (χ1v) is 16.7. The first-order valence-electron chi connectivity index (χ1n) is 16.7. The second-order valence-corrected chi connectivity index (χ2v) is 12.7. The zero-order valence-corrected chi connectivity index (χ0v) is 26.7. The molecule has 1 aromatic heterocycles. The monoisotopic (exact) mass is 605 g/mol. The minimum atomic E-state index is -0.00995. The number of hydrogen-bond acceptors (Lipinski definition) is 2. The van der Waals surface area contributed by atoms with Crippen LogP contribution in [-0.2, 0) is 5.41 Å². The highest BCUT2D eigenvalue weighted by Crippen LogP contribution is 2.54. The van der Waals surface area contributed by atoms with E-state index in [0.717, 1.165) is 62.6 Å². The van der Waals surface area contributed by atoms with Gasteiger partial charge >= 0.3 is 0 Å². The molecule has 47 heavy (non-hydrogen) atoms. The molecule has 8 aromatic rings. The van der Waals surface area contributed by atoms with Gasteiger partial charge in [-0.25, -0.2) is 0 Å². The third-order valence-corrected chi connectivity index (χ3v) is 10.6. The van der Waals surface area contributed by atoms with Gasteiger partial charge in [0.2, 0.25) is 0 Å². The number of furan rings is 1. The summed E-state index contributed by atoms with van der Waals surface area (Å²) < 4.78 is 6.51. The second-order valence-electron chi connectivity index (χ2n) is 12.7. The Morgan fingerprint density at radius 1 is 0.489 bits per heavy atom. The van der Waals surface area contributed by atoms with E-state index in [9.17, 15) is 0 Å². The van der Waals surface area contributed by atoms with Crippen molar-refractivity contribution >= 4 is 49.8 Å². The second kappa shape index (κ2) is 10.7. The topological polar surface area (TPSA) is 16.4 Å². The number of benzene rings is 7. The van der Waals surface area contributed by atoms with Crippen molar-refractivity contribution in [1.29, 1.82) is 0 Å². The van der Waals surface area contributed by atoms with Crippen molar-refractivity contribution in [2.24, 2.45) is 0 Å². The molecule has 0 amide bonds. The van der Waals surface area contributed by atoms with Gasteiger partial charge in [0.1, 0.15) is 11.2 Å². The van der Waals surface area contributed by atoms with E-state index in [2.05, 4.69) is 164 Å². The van der Waals surface area contributed by atoms with Crippen molar-refractivity contribution in [1.82, 2.24) is 0 Å². The number of fused-ring (bicyclic) bond motifs is 8. The third kappa shape index (κ3) is 4.11. The fourth-order valence-corrected chi connectivity index (χ4v) is 8.17. The van der Waals surface area contributed by atoms with Gasteiger partial charge in [-0.3, -0.25) is 0 Å². The van der Waals surface area contributed by atoms with Crippen LogP contribution in [0, 0.1) is 0 Å². The standard InChI is InChI=1S/C45H35NO/c1-3-45(4-2)40-18-10-8-15-34(40)35-26-25-33(29-41(35)45)46(32-23-21-31(22-24-32)30-13-6-5-7-14-30)42-19-12-17-38-36(42)27-28-39-37-16-9-11-20-43(37)47-44(38)39/h5-29H,3-4H2,1-2H3. The molecule has 0 spiro atoms. The van der Waals surface area contributed by atoms with E-state index in [1.54, 1.807) is 0 Å². The maximum atomic E-state index is 6.51. The molecule has 1 heterocycles. The average Bonchev–Trinajstić information content (AvgIpc) is 3.66. The van der Waals surface area contributed by atoms with Crippen LogP contribution < -0.4 is 4.90 Å². The van der Waals surface area contributed by atoms with Crippen LogP contribution in [0.5, 0.6) is 0 Å². The summed E-state index contributed by atoms with van der Waals surface area (Å²) in [4.78, 5) is 2.44. The van der Waals surface area contributed by atoms with E-state index in [1.807, 2.05) is 6.07 Å². The van der Waals surface area contributed by atoms with Gasteiger partial charge in [0.05, 0.1) is 5.69 Å². The van der Waals surface area contributed by atoms with Gasteiger partial charge in [0.25, 0.3) is 0 Å². The third-order valence-electron chi connectivity index (χ3n) is 10.6. The summed E-state index contributed by atoms with van der Waals surface area (Å²) >= 11 is 0. The maximum Gasteiger partial charge on any atom is 0.143 e. The van der Waals surface area contributed by atoms with Crippen molar-refractivity contribution in [3.05, 3.63) is 163 Å². The van der Waals surface area contributed by atoms with Gasteiger partial charge in [-0.15, -0.1) is 0 Å². The highest BCUT2D eigenvalue weighted by atomic mass is 16.3. The van der Waals surface area contributed by atoms with Crippen molar-refractivity contribution in [2.75, 3.05) is 4.90 Å². The van der Waals surface area contributed by atoms with E-state index in [-0.39, 0.29) is 5.41 Å². The molecule has 0 atom stereocenters. The molecular formula is C45H35NO. The summed E-state index contributed by atoms with van der Waals surface area (Å²) in [5, 5.41) is 4.58. The molecule has 1 aliphatic rings. The molecule has 0 radical (unpaired) electrons. The molecule has 0 bridgehead atoms. The average molecular weight is 606 g/mol. The largest absolute Gasteiger partial charge is 0.455 e. The first kappa shape index (κ1) is 27.7. The lowest BCUT2D eigenvalue weighted by molar-refractivity contribution is 0.490. The highest BCUT2D eigenvalue weighted by Gasteiger charge is 2.40. The molecule has 0 N–H and O–H groups in total. The maximum absolute atomic E-state index is 6.51. The summed E-state index contributed by atoms with van der Waals surface area (Å²) in [5.74, 6) is 0. The van der Waals surface area contributed by atoms with Gasteiger partial charge in [0, 0.05) is 38.3 Å².